The summed E-state index contributed by atoms with van der Waals surface area (Å²) in [5.74, 6) is 0. The Morgan fingerprint density at radius 2 is 2.25 bits per heavy atom. The van der Waals surface area contributed by atoms with Crippen molar-refractivity contribution in [2.75, 3.05) is 6.61 Å². The molecule has 1 aliphatic rings. The lowest BCUT2D eigenvalue weighted by molar-refractivity contribution is 0.104. The van der Waals surface area contributed by atoms with Crippen LogP contribution in [0, 0.1) is 0 Å². The van der Waals surface area contributed by atoms with Crippen molar-refractivity contribution in [1.82, 2.24) is 15.4 Å². The van der Waals surface area contributed by atoms with Gasteiger partial charge in [-0.3, -0.25) is 5.10 Å². The predicted molar refractivity (Wildman–Crippen MR) is 56.7 cm³/mol. The Morgan fingerprint density at radius 3 is 2.81 bits per heavy atom. The van der Waals surface area contributed by atoms with Crippen LogP contribution in [0.25, 0.3) is 0 Å². The Morgan fingerprint density at radius 1 is 1.50 bits per heavy atom. The molecule has 0 saturated heterocycles. The van der Waals surface area contributed by atoms with Gasteiger partial charge < -0.3 is 10.5 Å². The largest absolute Gasteiger partial charge is 0.449 e. The smallest absolute Gasteiger partial charge is 0.404 e. The van der Waals surface area contributed by atoms with E-state index in [1.807, 2.05) is 0 Å². The van der Waals surface area contributed by atoms with Crippen molar-refractivity contribution >= 4 is 6.09 Å². The van der Waals surface area contributed by atoms with Gasteiger partial charge >= 0.3 is 6.09 Å². The van der Waals surface area contributed by atoms with E-state index in [1.54, 1.807) is 6.20 Å². The molecule has 6 nitrogen and oxygen atoms in total. The van der Waals surface area contributed by atoms with Gasteiger partial charge in [-0.2, -0.15) is 0 Å². The molecule has 0 unspecified atom stereocenters. The van der Waals surface area contributed by atoms with Gasteiger partial charge in [-0.15, -0.1) is 5.10 Å². The number of aromatic nitrogens is 3. The van der Waals surface area contributed by atoms with E-state index in [0.29, 0.717) is 6.61 Å². The highest BCUT2D eigenvalue weighted by Crippen LogP contribution is 2.38. The predicted octanol–water partition coefficient (Wildman–Crippen LogP) is 1.10. The molecule has 88 valence electrons. The zero-order valence-electron chi connectivity index (χ0n) is 9.11. The molecule has 1 fully saturated rings. The number of ether oxygens (including phenoxy) is 1. The summed E-state index contributed by atoms with van der Waals surface area (Å²) >= 11 is 0. The lowest BCUT2D eigenvalue weighted by atomic mass is 9.72. The highest BCUT2D eigenvalue weighted by Gasteiger charge is 2.37. The third-order valence-electron chi connectivity index (χ3n) is 3.26. The maximum absolute atomic E-state index is 10.7. The minimum Gasteiger partial charge on any atom is -0.449 e. The van der Waals surface area contributed by atoms with Gasteiger partial charge in [-0.05, 0) is 12.8 Å². The molecule has 0 aliphatic heterocycles. The van der Waals surface area contributed by atoms with Gasteiger partial charge in [0.15, 0.2) is 0 Å². The zero-order valence-corrected chi connectivity index (χ0v) is 9.11. The summed E-state index contributed by atoms with van der Waals surface area (Å²) in [4.78, 5) is 10.7. The molecular weight excluding hydrogens is 208 g/mol. The fourth-order valence-electron chi connectivity index (χ4n) is 2.37. The maximum atomic E-state index is 10.7. The molecule has 16 heavy (non-hydrogen) atoms. The normalized spacial score (nSPS) is 19.2. The summed E-state index contributed by atoms with van der Waals surface area (Å²) in [5, 5.41) is 10.5. The molecule has 6 heteroatoms. The second kappa shape index (κ2) is 4.51. The van der Waals surface area contributed by atoms with Gasteiger partial charge in [0.2, 0.25) is 0 Å². The van der Waals surface area contributed by atoms with Crippen LogP contribution >= 0.6 is 0 Å². The molecule has 1 heterocycles. The van der Waals surface area contributed by atoms with Crippen molar-refractivity contribution < 1.29 is 9.53 Å². The summed E-state index contributed by atoms with van der Waals surface area (Å²) in [6.07, 6.45) is 6.43. The Labute approximate surface area is 93.5 Å². The van der Waals surface area contributed by atoms with Crippen molar-refractivity contribution in [3.05, 3.63) is 11.9 Å². The molecule has 2 rings (SSSR count). The van der Waals surface area contributed by atoms with E-state index in [4.69, 9.17) is 10.5 Å². The van der Waals surface area contributed by atoms with Gasteiger partial charge in [0.25, 0.3) is 0 Å². The number of H-pyrrole nitrogens is 1. The van der Waals surface area contributed by atoms with E-state index >= 15 is 0 Å². The summed E-state index contributed by atoms with van der Waals surface area (Å²) in [7, 11) is 0. The van der Waals surface area contributed by atoms with Crippen LogP contribution in [-0.2, 0) is 10.2 Å². The van der Waals surface area contributed by atoms with Gasteiger partial charge in [0.1, 0.15) is 6.61 Å². The molecule has 1 aromatic heterocycles. The van der Waals surface area contributed by atoms with Gasteiger partial charge in [0.05, 0.1) is 11.1 Å². The van der Waals surface area contributed by atoms with Crippen molar-refractivity contribution in [3.63, 3.8) is 0 Å². The second-order valence-electron chi connectivity index (χ2n) is 4.31. The first-order chi connectivity index (χ1) is 7.73. The van der Waals surface area contributed by atoms with Crippen LogP contribution in [-0.4, -0.2) is 28.1 Å². The van der Waals surface area contributed by atoms with E-state index < -0.39 is 6.09 Å². The van der Waals surface area contributed by atoms with Gasteiger partial charge in [0, 0.05) is 6.20 Å². The molecule has 1 saturated carbocycles. The Kier molecular flexibility index (Phi) is 3.07. The summed E-state index contributed by atoms with van der Waals surface area (Å²) in [6, 6.07) is 0. The maximum Gasteiger partial charge on any atom is 0.404 e. The Balaban J connectivity index is 2.15. The minimum atomic E-state index is -0.728. The highest BCUT2D eigenvalue weighted by atomic mass is 16.5. The number of primary amides is 1. The Bertz CT molecular complexity index is 344. The van der Waals surface area contributed by atoms with Crippen LogP contribution in [0.4, 0.5) is 4.79 Å². The standard InChI is InChI=1S/C10H16N4O2/c11-9(15)16-7-10(4-2-1-3-5-10)8-6-12-14-13-8/h6H,1-5,7H2,(H2,11,15)(H,12,13,14). The lowest BCUT2D eigenvalue weighted by Gasteiger charge is -2.34. The van der Waals surface area contributed by atoms with E-state index in [-0.39, 0.29) is 5.41 Å². The molecule has 0 aromatic carbocycles. The van der Waals surface area contributed by atoms with Crippen LogP contribution < -0.4 is 5.73 Å². The van der Waals surface area contributed by atoms with Crippen molar-refractivity contribution in [2.24, 2.45) is 5.73 Å². The van der Waals surface area contributed by atoms with E-state index in [2.05, 4.69) is 15.4 Å². The minimum absolute atomic E-state index is 0.194. The first kappa shape index (κ1) is 10.9. The number of nitrogens with one attached hydrogen (secondary N) is 1. The number of carbonyl (C=O) groups is 1. The monoisotopic (exact) mass is 224 g/mol. The first-order valence-electron chi connectivity index (χ1n) is 5.52. The van der Waals surface area contributed by atoms with Crippen LogP contribution in [0.2, 0.25) is 0 Å². The number of aromatic amines is 1. The molecule has 0 bridgehead atoms. The highest BCUT2D eigenvalue weighted by molar-refractivity contribution is 5.64. The number of rotatable bonds is 3. The number of nitrogens with two attached hydrogens (primary N) is 1. The Hall–Kier alpha value is -1.59. The number of hydrogen-bond acceptors (Lipinski definition) is 4. The molecule has 1 aliphatic carbocycles. The van der Waals surface area contributed by atoms with Crippen LogP contribution in [0.15, 0.2) is 6.20 Å². The molecule has 1 amide bonds. The molecule has 1 aromatic rings. The third kappa shape index (κ3) is 2.15. The zero-order chi connectivity index (χ0) is 11.4. The first-order valence-corrected chi connectivity index (χ1v) is 5.52. The van der Waals surface area contributed by atoms with E-state index in [0.717, 1.165) is 31.4 Å². The molecule has 0 spiro atoms. The van der Waals surface area contributed by atoms with Crippen molar-refractivity contribution in [2.45, 2.75) is 37.5 Å². The number of hydrogen-bond donors (Lipinski definition) is 2. The molecular formula is C10H16N4O2. The third-order valence-corrected chi connectivity index (χ3v) is 3.26. The SMILES string of the molecule is NC(=O)OCC1(c2c[nH]nn2)CCCCC1. The summed E-state index contributed by atoms with van der Waals surface area (Å²) < 4.78 is 4.97. The lowest BCUT2D eigenvalue weighted by Crippen LogP contribution is -2.36. The van der Waals surface area contributed by atoms with Crippen molar-refractivity contribution in [3.8, 4) is 0 Å². The van der Waals surface area contributed by atoms with E-state index in [9.17, 15) is 4.79 Å². The average molecular weight is 224 g/mol. The number of amides is 1. The number of carbonyl (C=O) groups excluding carboxylic acids is 1. The molecule has 0 radical (unpaired) electrons. The van der Waals surface area contributed by atoms with Crippen LogP contribution in [0.3, 0.4) is 0 Å². The van der Waals surface area contributed by atoms with E-state index in [1.165, 1.54) is 6.42 Å². The fourth-order valence-corrected chi connectivity index (χ4v) is 2.37. The number of nitrogens with zero attached hydrogens (tertiary/aromatic N) is 2. The molecule has 0 atom stereocenters. The van der Waals surface area contributed by atoms with Crippen molar-refractivity contribution in [1.29, 1.82) is 0 Å². The topological polar surface area (TPSA) is 93.9 Å². The van der Waals surface area contributed by atoms with Crippen LogP contribution in [0.5, 0.6) is 0 Å². The average Bonchev–Trinajstić information content (AvgIpc) is 2.82. The fraction of sp³-hybridized carbons (Fsp3) is 0.700. The summed E-state index contributed by atoms with van der Waals surface area (Å²) in [5.41, 5.74) is 5.69. The summed E-state index contributed by atoms with van der Waals surface area (Å²) in [6.45, 7) is 0.300. The molecule has 3 N–H and O–H groups in total. The van der Waals surface area contributed by atoms with Gasteiger partial charge in [-0.25, -0.2) is 4.79 Å². The second-order valence-corrected chi connectivity index (χ2v) is 4.31. The van der Waals surface area contributed by atoms with Gasteiger partial charge in [-0.1, -0.05) is 24.5 Å². The van der Waals surface area contributed by atoms with Crippen LogP contribution in [0.1, 0.15) is 37.8 Å². The quantitative estimate of drug-likeness (QED) is 0.803.